The minimum atomic E-state index is -0.464. The molecule has 0 atom stereocenters. The van der Waals surface area contributed by atoms with Crippen LogP contribution in [-0.4, -0.2) is 10.7 Å². The van der Waals surface area contributed by atoms with Crippen LogP contribution in [0, 0.1) is 0 Å². The number of hydrogen-bond acceptors (Lipinski definition) is 1. The normalized spacial score (nSPS) is 12.0. The van der Waals surface area contributed by atoms with Gasteiger partial charge in [-0.15, -0.1) is 0 Å². The second-order valence-electron chi connectivity index (χ2n) is 8.93. The second-order valence-corrected chi connectivity index (χ2v) is 8.93. The molecule has 0 bridgehead atoms. The average Bonchev–Trinajstić information content (AvgIpc) is 2.56. The standard InChI is InChI=1S/C24H50O/c1-4-5-6-7-8-9-10-11-12-13-14-15-16-17-18-19-20-21-22-23-24(2,3)25/h25H,4-23H2,1-3H3. The second kappa shape index (κ2) is 18.7. The molecule has 25 heavy (non-hydrogen) atoms. The van der Waals surface area contributed by atoms with E-state index in [1.54, 1.807) is 0 Å². The van der Waals surface area contributed by atoms with E-state index in [2.05, 4.69) is 6.92 Å². The van der Waals surface area contributed by atoms with Crippen molar-refractivity contribution in [2.75, 3.05) is 0 Å². The molecule has 0 amide bonds. The van der Waals surface area contributed by atoms with E-state index >= 15 is 0 Å². The van der Waals surface area contributed by atoms with Crippen LogP contribution in [0.4, 0.5) is 0 Å². The maximum absolute atomic E-state index is 9.66. The molecule has 0 heterocycles. The van der Waals surface area contributed by atoms with E-state index in [1.807, 2.05) is 13.8 Å². The summed E-state index contributed by atoms with van der Waals surface area (Å²) in [6.45, 7) is 6.13. The molecule has 0 aromatic heterocycles. The molecule has 1 nitrogen and oxygen atoms in total. The molecule has 0 spiro atoms. The molecule has 0 unspecified atom stereocenters. The highest BCUT2D eigenvalue weighted by molar-refractivity contribution is 4.64. The Morgan fingerprint density at radius 2 is 0.680 bits per heavy atom. The Hall–Kier alpha value is -0.0400. The zero-order valence-electron chi connectivity index (χ0n) is 18.1. The van der Waals surface area contributed by atoms with Crippen LogP contribution in [0.1, 0.15) is 149 Å². The molecule has 0 saturated carbocycles. The van der Waals surface area contributed by atoms with Crippen LogP contribution in [-0.2, 0) is 0 Å². The van der Waals surface area contributed by atoms with E-state index in [0.29, 0.717) is 0 Å². The van der Waals surface area contributed by atoms with Crippen molar-refractivity contribution in [3.05, 3.63) is 0 Å². The van der Waals surface area contributed by atoms with Crippen LogP contribution < -0.4 is 0 Å². The Morgan fingerprint density at radius 3 is 0.920 bits per heavy atom. The summed E-state index contributed by atoms with van der Waals surface area (Å²) >= 11 is 0. The van der Waals surface area contributed by atoms with E-state index in [9.17, 15) is 5.11 Å². The number of rotatable bonds is 20. The molecule has 0 radical (unpaired) electrons. The van der Waals surface area contributed by atoms with Gasteiger partial charge in [0.05, 0.1) is 5.60 Å². The van der Waals surface area contributed by atoms with Crippen LogP contribution in [0.5, 0.6) is 0 Å². The van der Waals surface area contributed by atoms with Gasteiger partial charge in [0.2, 0.25) is 0 Å². The van der Waals surface area contributed by atoms with E-state index in [0.717, 1.165) is 6.42 Å². The third-order valence-corrected chi connectivity index (χ3v) is 5.39. The van der Waals surface area contributed by atoms with Crippen molar-refractivity contribution in [3.63, 3.8) is 0 Å². The lowest BCUT2D eigenvalue weighted by Crippen LogP contribution is -2.17. The van der Waals surface area contributed by atoms with Crippen LogP contribution in [0.15, 0.2) is 0 Å². The van der Waals surface area contributed by atoms with Crippen LogP contribution >= 0.6 is 0 Å². The maximum atomic E-state index is 9.66. The molecule has 1 heteroatoms. The van der Waals surface area contributed by atoms with Crippen molar-refractivity contribution in [3.8, 4) is 0 Å². The molecule has 0 aliphatic rings. The van der Waals surface area contributed by atoms with E-state index in [1.165, 1.54) is 122 Å². The van der Waals surface area contributed by atoms with Gasteiger partial charge in [-0.1, -0.05) is 129 Å². The first kappa shape index (κ1) is 25.0. The first-order valence-corrected chi connectivity index (χ1v) is 11.8. The summed E-state index contributed by atoms with van der Waals surface area (Å²) in [6, 6.07) is 0. The molecule has 1 N–H and O–H groups in total. The van der Waals surface area contributed by atoms with Crippen molar-refractivity contribution in [1.29, 1.82) is 0 Å². The van der Waals surface area contributed by atoms with E-state index in [4.69, 9.17) is 0 Å². The van der Waals surface area contributed by atoms with Gasteiger partial charge < -0.3 is 5.11 Å². The fourth-order valence-corrected chi connectivity index (χ4v) is 3.64. The van der Waals surface area contributed by atoms with Crippen molar-refractivity contribution >= 4 is 0 Å². The van der Waals surface area contributed by atoms with Gasteiger partial charge in [0.25, 0.3) is 0 Å². The largest absolute Gasteiger partial charge is 0.390 e. The SMILES string of the molecule is CCCCCCCCCCCCCCCCCCCCCC(C)(C)O. The highest BCUT2D eigenvalue weighted by atomic mass is 16.3. The fraction of sp³-hybridized carbons (Fsp3) is 1.00. The summed E-state index contributed by atoms with van der Waals surface area (Å²) in [5.41, 5.74) is -0.464. The van der Waals surface area contributed by atoms with Crippen LogP contribution in [0.3, 0.4) is 0 Å². The predicted octanol–water partition coefficient (Wildman–Crippen LogP) is 8.58. The first-order valence-electron chi connectivity index (χ1n) is 11.8. The minimum Gasteiger partial charge on any atom is -0.390 e. The first-order chi connectivity index (χ1) is 12.1. The van der Waals surface area contributed by atoms with Gasteiger partial charge in [-0.25, -0.2) is 0 Å². The molecule has 0 aliphatic carbocycles. The number of hydrogen-bond donors (Lipinski definition) is 1. The molecule has 0 saturated heterocycles. The molecule has 0 aliphatic heterocycles. The van der Waals surface area contributed by atoms with Crippen LogP contribution in [0.2, 0.25) is 0 Å². The van der Waals surface area contributed by atoms with Gasteiger partial charge in [0, 0.05) is 0 Å². The average molecular weight is 355 g/mol. The molecular formula is C24H50O. The third-order valence-electron chi connectivity index (χ3n) is 5.39. The lowest BCUT2D eigenvalue weighted by atomic mass is 9.99. The highest BCUT2D eigenvalue weighted by Gasteiger charge is 2.10. The Kier molecular flexibility index (Phi) is 18.7. The summed E-state index contributed by atoms with van der Waals surface area (Å²) in [5.74, 6) is 0. The Morgan fingerprint density at radius 1 is 0.440 bits per heavy atom. The van der Waals surface area contributed by atoms with Crippen molar-refractivity contribution in [1.82, 2.24) is 0 Å². The predicted molar refractivity (Wildman–Crippen MR) is 114 cm³/mol. The topological polar surface area (TPSA) is 20.2 Å². The van der Waals surface area contributed by atoms with Gasteiger partial charge in [-0.2, -0.15) is 0 Å². The quantitative estimate of drug-likeness (QED) is 0.217. The van der Waals surface area contributed by atoms with Crippen molar-refractivity contribution in [2.24, 2.45) is 0 Å². The zero-order chi connectivity index (χ0) is 18.6. The fourth-order valence-electron chi connectivity index (χ4n) is 3.64. The number of aliphatic hydroxyl groups is 1. The highest BCUT2D eigenvalue weighted by Crippen LogP contribution is 2.16. The molecule has 0 aromatic carbocycles. The Labute approximate surface area is 160 Å². The lowest BCUT2D eigenvalue weighted by Gasteiger charge is -2.16. The summed E-state index contributed by atoms with van der Waals surface area (Å²) in [4.78, 5) is 0. The van der Waals surface area contributed by atoms with Gasteiger partial charge in [0.15, 0.2) is 0 Å². The van der Waals surface area contributed by atoms with Gasteiger partial charge in [-0.3, -0.25) is 0 Å². The van der Waals surface area contributed by atoms with Gasteiger partial charge in [0.1, 0.15) is 0 Å². The summed E-state index contributed by atoms with van der Waals surface area (Å²) < 4.78 is 0. The van der Waals surface area contributed by atoms with Gasteiger partial charge >= 0.3 is 0 Å². The molecule has 0 fully saturated rings. The third kappa shape index (κ3) is 24.0. The Balaban J connectivity index is 3.01. The Bertz CT molecular complexity index is 241. The molecular weight excluding hydrogens is 304 g/mol. The lowest BCUT2D eigenvalue weighted by molar-refractivity contribution is 0.0680. The van der Waals surface area contributed by atoms with Crippen LogP contribution in [0.25, 0.3) is 0 Å². The monoisotopic (exact) mass is 354 g/mol. The summed E-state index contributed by atoms with van der Waals surface area (Å²) in [7, 11) is 0. The number of unbranched alkanes of at least 4 members (excludes halogenated alkanes) is 18. The summed E-state index contributed by atoms with van der Waals surface area (Å²) in [6.07, 6.45) is 27.9. The van der Waals surface area contributed by atoms with Gasteiger partial charge in [-0.05, 0) is 20.3 Å². The molecule has 152 valence electrons. The van der Waals surface area contributed by atoms with Crippen molar-refractivity contribution in [2.45, 2.75) is 155 Å². The molecule has 0 rings (SSSR count). The maximum Gasteiger partial charge on any atom is 0.0591 e. The molecule has 0 aromatic rings. The van der Waals surface area contributed by atoms with E-state index < -0.39 is 5.60 Å². The van der Waals surface area contributed by atoms with E-state index in [-0.39, 0.29) is 0 Å². The smallest absolute Gasteiger partial charge is 0.0591 e. The zero-order valence-corrected chi connectivity index (χ0v) is 18.1. The minimum absolute atomic E-state index is 0.464. The van der Waals surface area contributed by atoms with Crippen molar-refractivity contribution < 1.29 is 5.11 Å². The summed E-state index contributed by atoms with van der Waals surface area (Å²) in [5, 5.41) is 9.66.